The lowest BCUT2D eigenvalue weighted by Gasteiger charge is -2.35. The summed E-state index contributed by atoms with van der Waals surface area (Å²) in [6.07, 6.45) is 1.05. The molecule has 2 nitrogen and oxygen atoms in total. The summed E-state index contributed by atoms with van der Waals surface area (Å²) in [6.45, 7) is 0.749. The molecule has 2 rings (SSSR count). The van der Waals surface area contributed by atoms with Crippen LogP contribution in [0.3, 0.4) is 0 Å². The molecule has 1 aliphatic rings. The van der Waals surface area contributed by atoms with E-state index in [2.05, 4.69) is 18.0 Å². The molecule has 1 unspecified atom stereocenters. The number of thioether (sulfide) groups is 1. The first kappa shape index (κ1) is 11.1. The first-order valence-electron chi connectivity index (χ1n) is 5.07. The molecule has 4 heteroatoms. The van der Waals surface area contributed by atoms with E-state index in [0.717, 1.165) is 23.7 Å². The molecule has 0 radical (unpaired) electrons. The number of benzene rings is 1. The van der Waals surface area contributed by atoms with E-state index >= 15 is 0 Å². The lowest BCUT2D eigenvalue weighted by atomic mass is 10.1. The summed E-state index contributed by atoms with van der Waals surface area (Å²) in [6, 6.07) is 6.63. The zero-order valence-electron chi connectivity index (χ0n) is 8.74. The molecule has 0 amide bonds. The maximum atomic E-state index is 5.97. The van der Waals surface area contributed by atoms with Gasteiger partial charge in [0.05, 0.1) is 5.69 Å². The number of hydrogen-bond donors (Lipinski definition) is 1. The number of rotatable bonds is 2. The highest BCUT2D eigenvalue weighted by molar-refractivity contribution is 7.99. The average Bonchev–Trinajstić information content (AvgIpc) is 2.22. The molecule has 2 N–H and O–H groups in total. The molecule has 0 saturated carbocycles. The highest BCUT2D eigenvalue weighted by atomic mass is 35.5. The Hall–Kier alpha value is -0.380. The minimum atomic E-state index is 0.550. The second-order valence-corrected chi connectivity index (χ2v) is 5.26. The van der Waals surface area contributed by atoms with Crippen molar-refractivity contribution in [3.63, 3.8) is 0 Å². The van der Waals surface area contributed by atoms with Crippen molar-refractivity contribution in [3.8, 4) is 0 Å². The lowest BCUT2D eigenvalue weighted by Crippen LogP contribution is -2.38. The van der Waals surface area contributed by atoms with E-state index in [0.29, 0.717) is 6.04 Å². The molecule has 0 saturated heterocycles. The molecule has 0 aromatic heterocycles. The Labute approximate surface area is 99.8 Å². The van der Waals surface area contributed by atoms with Crippen LogP contribution < -0.4 is 10.6 Å². The van der Waals surface area contributed by atoms with Gasteiger partial charge in [-0.15, -0.1) is 11.8 Å². The Morgan fingerprint density at radius 2 is 2.40 bits per heavy atom. The second kappa shape index (κ2) is 4.64. The summed E-state index contributed by atoms with van der Waals surface area (Å²) in [5.74, 6) is 1.10. The summed E-state index contributed by atoms with van der Waals surface area (Å²) in [5.41, 5.74) is 6.88. The Balaban J connectivity index is 2.26. The van der Waals surface area contributed by atoms with Crippen LogP contribution in [0.15, 0.2) is 23.1 Å². The number of nitrogens with zero attached hydrogens (tertiary/aromatic N) is 1. The summed E-state index contributed by atoms with van der Waals surface area (Å²) < 4.78 is 0. The fraction of sp³-hybridized carbons (Fsp3) is 0.455. The van der Waals surface area contributed by atoms with Crippen molar-refractivity contribution < 1.29 is 0 Å². The minimum absolute atomic E-state index is 0.550. The number of hydrogen-bond acceptors (Lipinski definition) is 3. The third-order valence-corrected chi connectivity index (χ3v) is 4.21. The second-order valence-electron chi connectivity index (χ2n) is 3.77. The van der Waals surface area contributed by atoms with Crippen LogP contribution in [0.2, 0.25) is 5.02 Å². The normalized spacial score (nSPS) is 20.2. The number of nitrogens with two attached hydrogens (primary N) is 1. The zero-order chi connectivity index (χ0) is 10.8. The van der Waals surface area contributed by atoms with Crippen molar-refractivity contribution in [1.82, 2.24) is 0 Å². The van der Waals surface area contributed by atoms with Crippen LogP contribution in [0.4, 0.5) is 5.69 Å². The Bertz CT molecular complexity index is 356. The maximum absolute atomic E-state index is 5.97. The summed E-state index contributed by atoms with van der Waals surface area (Å²) in [4.78, 5) is 3.59. The van der Waals surface area contributed by atoms with Crippen molar-refractivity contribution >= 4 is 29.1 Å². The number of fused-ring (bicyclic) bond motifs is 1. The molecule has 1 aromatic rings. The van der Waals surface area contributed by atoms with E-state index in [1.807, 2.05) is 23.9 Å². The quantitative estimate of drug-likeness (QED) is 0.865. The Morgan fingerprint density at radius 1 is 1.60 bits per heavy atom. The third-order valence-electron chi connectivity index (χ3n) is 2.78. The predicted molar refractivity (Wildman–Crippen MR) is 68.0 cm³/mol. The van der Waals surface area contributed by atoms with Crippen LogP contribution >= 0.6 is 23.4 Å². The average molecular weight is 243 g/mol. The molecule has 82 valence electrons. The molecule has 1 heterocycles. The lowest BCUT2D eigenvalue weighted by molar-refractivity contribution is 0.633. The Kier molecular flexibility index (Phi) is 3.44. The van der Waals surface area contributed by atoms with E-state index < -0.39 is 0 Å². The van der Waals surface area contributed by atoms with E-state index in [9.17, 15) is 0 Å². The molecular weight excluding hydrogens is 228 g/mol. The summed E-state index contributed by atoms with van der Waals surface area (Å²) in [7, 11) is 2.13. The third kappa shape index (κ3) is 2.25. The van der Waals surface area contributed by atoms with Crippen molar-refractivity contribution in [2.24, 2.45) is 5.73 Å². The number of anilines is 1. The van der Waals surface area contributed by atoms with Gasteiger partial charge in [0, 0.05) is 28.8 Å². The first-order valence-corrected chi connectivity index (χ1v) is 6.44. The van der Waals surface area contributed by atoms with Gasteiger partial charge in [0.1, 0.15) is 0 Å². The van der Waals surface area contributed by atoms with Gasteiger partial charge in [0.2, 0.25) is 0 Å². The minimum Gasteiger partial charge on any atom is -0.370 e. The van der Waals surface area contributed by atoms with E-state index in [-0.39, 0.29) is 0 Å². The van der Waals surface area contributed by atoms with Crippen LogP contribution in [-0.4, -0.2) is 25.4 Å². The van der Waals surface area contributed by atoms with Crippen LogP contribution in [0, 0.1) is 0 Å². The van der Waals surface area contributed by atoms with Crippen molar-refractivity contribution in [1.29, 1.82) is 0 Å². The monoisotopic (exact) mass is 242 g/mol. The fourth-order valence-electron chi connectivity index (χ4n) is 1.86. The van der Waals surface area contributed by atoms with E-state index in [1.165, 1.54) is 10.6 Å². The number of halogens is 1. The van der Waals surface area contributed by atoms with Crippen LogP contribution in [0.1, 0.15) is 6.42 Å². The van der Waals surface area contributed by atoms with Crippen molar-refractivity contribution in [2.45, 2.75) is 17.4 Å². The van der Waals surface area contributed by atoms with Gasteiger partial charge in [-0.1, -0.05) is 11.6 Å². The molecule has 1 atom stereocenters. The standard InChI is InChI=1S/C11H15ClN2S/c1-14-9(4-5-13)7-15-11-6-8(12)2-3-10(11)14/h2-3,6,9H,4-5,7,13H2,1H3. The summed E-state index contributed by atoms with van der Waals surface area (Å²) in [5, 5.41) is 0.812. The van der Waals surface area contributed by atoms with Crippen LogP contribution in [0.25, 0.3) is 0 Å². The largest absolute Gasteiger partial charge is 0.370 e. The molecule has 1 aliphatic heterocycles. The molecule has 0 aliphatic carbocycles. The van der Waals surface area contributed by atoms with Crippen LogP contribution in [0.5, 0.6) is 0 Å². The van der Waals surface area contributed by atoms with E-state index in [4.69, 9.17) is 17.3 Å². The maximum Gasteiger partial charge on any atom is 0.0505 e. The van der Waals surface area contributed by atoms with E-state index in [1.54, 1.807) is 0 Å². The van der Waals surface area contributed by atoms with Crippen molar-refractivity contribution in [2.75, 3.05) is 24.2 Å². The molecule has 0 bridgehead atoms. The molecule has 0 fully saturated rings. The SMILES string of the molecule is CN1c2ccc(Cl)cc2SCC1CCN. The fourth-order valence-corrected chi connectivity index (χ4v) is 3.43. The van der Waals surface area contributed by atoms with Gasteiger partial charge in [-0.2, -0.15) is 0 Å². The highest BCUT2D eigenvalue weighted by Gasteiger charge is 2.23. The highest BCUT2D eigenvalue weighted by Crippen LogP contribution is 2.38. The van der Waals surface area contributed by atoms with Crippen LogP contribution in [-0.2, 0) is 0 Å². The Morgan fingerprint density at radius 3 is 3.13 bits per heavy atom. The molecular formula is C11H15ClN2S. The van der Waals surface area contributed by atoms with Crippen molar-refractivity contribution in [3.05, 3.63) is 23.2 Å². The topological polar surface area (TPSA) is 29.3 Å². The predicted octanol–water partition coefficient (Wildman–Crippen LogP) is 2.60. The summed E-state index contributed by atoms with van der Waals surface area (Å²) >= 11 is 7.84. The van der Waals surface area contributed by atoms with Gasteiger partial charge >= 0.3 is 0 Å². The van der Waals surface area contributed by atoms with Gasteiger partial charge in [0.15, 0.2) is 0 Å². The van der Waals surface area contributed by atoms with Gasteiger partial charge in [-0.3, -0.25) is 0 Å². The van der Waals surface area contributed by atoms with Gasteiger partial charge in [-0.25, -0.2) is 0 Å². The molecule has 0 spiro atoms. The zero-order valence-corrected chi connectivity index (χ0v) is 10.3. The molecule has 1 aromatic carbocycles. The van der Waals surface area contributed by atoms with Gasteiger partial charge < -0.3 is 10.6 Å². The molecule has 15 heavy (non-hydrogen) atoms. The first-order chi connectivity index (χ1) is 7.22. The van der Waals surface area contributed by atoms with Gasteiger partial charge in [0.25, 0.3) is 0 Å². The smallest absolute Gasteiger partial charge is 0.0505 e. The van der Waals surface area contributed by atoms with Gasteiger partial charge in [-0.05, 0) is 31.2 Å².